The number of anilines is 2. The maximum absolute atomic E-state index is 12.8. The standard InChI is InChI=1S/C13H12FN3O2/c1-8-7-12(13(17(18)19)9(2)15-8)16-11-5-3-10(14)4-6-11/h3-7H,1-2H3,(H,15,16). The smallest absolute Gasteiger partial charge is 0.313 e. The third-order valence-electron chi connectivity index (χ3n) is 2.60. The quantitative estimate of drug-likeness (QED) is 0.678. The molecule has 19 heavy (non-hydrogen) atoms. The average Bonchev–Trinajstić information content (AvgIpc) is 2.30. The third-order valence-corrected chi connectivity index (χ3v) is 2.60. The number of hydrogen-bond donors (Lipinski definition) is 1. The van der Waals surface area contributed by atoms with Crippen molar-refractivity contribution in [2.45, 2.75) is 13.8 Å². The van der Waals surface area contributed by atoms with Gasteiger partial charge in [0.25, 0.3) is 0 Å². The lowest BCUT2D eigenvalue weighted by atomic mass is 10.2. The zero-order valence-corrected chi connectivity index (χ0v) is 10.5. The molecule has 2 aromatic rings. The maximum atomic E-state index is 12.8. The van der Waals surface area contributed by atoms with E-state index in [1.807, 2.05) is 0 Å². The van der Waals surface area contributed by atoms with Gasteiger partial charge in [-0.05, 0) is 44.2 Å². The van der Waals surface area contributed by atoms with Crippen molar-refractivity contribution in [1.82, 2.24) is 4.98 Å². The Balaban J connectivity index is 2.44. The van der Waals surface area contributed by atoms with Crippen LogP contribution in [-0.4, -0.2) is 9.91 Å². The normalized spacial score (nSPS) is 10.3. The van der Waals surface area contributed by atoms with Gasteiger partial charge in [-0.2, -0.15) is 0 Å². The number of aryl methyl sites for hydroxylation is 2. The number of nitro groups is 1. The van der Waals surface area contributed by atoms with E-state index in [2.05, 4.69) is 10.3 Å². The molecule has 0 radical (unpaired) electrons. The van der Waals surface area contributed by atoms with Crippen molar-refractivity contribution in [2.24, 2.45) is 0 Å². The van der Waals surface area contributed by atoms with E-state index >= 15 is 0 Å². The molecule has 2 rings (SSSR count). The second-order valence-electron chi connectivity index (χ2n) is 4.13. The highest BCUT2D eigenvalue weighted by atomic mass is 19.1. The van der Waals surface area contributed by atoms with E-state index in [9.17, 15) is 14.5 Å². The number of benzene rings is 1. The summed E-state index contributed by atoms with van der Waals surface area (Å²) >= 11 is 0. The zero-order chi connectivity index (χ0) is 14.0. The molecule has 0 saturated carbocycles. The fraction of sp³-hybridized carbons (Fsp3) is 0.154. The first-order valence-electron chi connectivity index (χ1n) is 5.62. The molecule has 1 aromatic heterocycles. The Morgan fingerprint density at radius 1 is 1.26 bits per heavy atom. The number of halogens is 1. The number of nitrogens with one attached hydrogen (secondary N) is 1. The Kier molecular flexibility index (Phi) is 3.41. The first-order chi connectivity index (χ1) is 8.97. The zero-order valence-electron chi connectivity index (χ0n) is 10.5. The highest BCUT2D eigenvalue weighted by Crippen LogP contribution is 2.30. The molecule has 0 atom stereocenters. The lowest BCUT2D eigenvalue weighted by molar-refractivity contribution is -0.384. The van der Waals surface area contributed by atoms with Crippen molar-refractivity contribution >= 4 is 17.1 Å². The van der Waals surface area contributed by atoms with Gasteiger partial charge in [0.15, 0.2) is 0 Å². The van der Waals surface area contributed by atoms with Crippen molar-refractivity contribution in [2.75, 3.05) is 5.32 Å². The minimum Gasteiger partial charge on any atom is -0.350 e. The fourth-order valence-corrected chi connectivity index (χ4v) is 1.84. The van der Waals surface area contributed by atoms with E-state index in [0.29, 0.717) is 22.8 Å². The van der Waals surface area contributed by atoms with Gasteiger partial charge in [0.05, 0.1) is 4.92 Å². The molecule has 1 heterocycles. The molecule has 0 amide bonds. The molecule has 1 N–H and O–H groups in total. The van der Waals surface area contributed by atoms with Crippen LogP contribution in [-0.2, 0) is 0 Å². The molecule has 0 aliphatic rings. The lowest BCUT2D eigenvalue weighted by Gasteiger charge is -2.09. The second-order valence-corrected chi connectivity index (χ2v) is 4.13. The summed E-state index contributed by atoms with van der Waals surface area (Å²) in [5.41, 5.74) is 1.87. The molecular formula is C13H12FN3O2. The fourth-order valence-electron chi connectivity index (χ4n) is 1.84. The van der Waals surface area contributed by atoms with Crippen LogP contribution in [0.25, 0.3) is 0 Å². The maximum Gasteiger partial charge on any atom is 0.313 e. The van der Waals surface area contributed by atoms with E-state index in [4.69, 9.17) is 0 Å². The number of rotatable bonds is 3. The molecular weight excluding hydrogens is 249 g/mol. The van der Waals surface area contributed by atoms with Crippen LogP contribution >= 0.6 is 0 Å². The summed E-state index contributed by atoms with van der Waals surface area (Å²) in [6, 6.07) is 7.20. The monoisotopic (exact) mass is 261 g/mol. The largest absolute Gasteiger partial charge is 0.350 e. The predicted molar refractivity (Wildman–Crippen MR) is 70.0 cm³/mol. The Hall–Kier alpha value is -2.50. The minimum absolute atomic E-state index is 0.0741. The lowest BCUT2D eigenvalue weighted by Crippen LogP contribution is -2.02. The highest BCUT2D eigenvalue weighted by molar-refractivity contribution is 5.71. The van der Waals surface area contributed by atoms with Gasteiger partial charge < -0.3 is 5.32 Å². The molecule has 1 aromatic carbocycles. The van der Waals surface area contributed by atoms with Crippen molar-refractivity contribution in [3.8, 4) is 0 Å². The molecule has 0 bridgehead atoms. The molecule has 0 spiro atoms. The van der Waals surface area contributed by atoms with Crippen LogP contribution in [0.4, 0.5) is 21.5 Å². The predicted octanol–water partition coefficient (Wildman–Crippen LogP) is 3.49. The molecule has 0 aliphatic heterocycles. The van der Waals surface area contributed by atoms with E-state index < -0.39 is 4.92 Å². The van der Waals surface area contributed by atoms with Crippen molar-refractivity contribution < 1.29 is 9.31 Å². The number of nitrogens with zero attached hydrogens (tertiary/aromatic N) is 2. The van der Waals surface area contributed by atoms with Gasteiger partial charge >= 0.3 is 5.69 Å². The van der Waals surface area contributed by atoms with Gasteiger partial charge in [0.2, 0.25) is 0 Å². The van der Waals surface area contributed by atoms with Crippen LogP contribution in [0.3, 0.4) is 0 Å². The van der Waals surface area contributed by atoms with Crippen LogP contribution in [0.1, 0.15) is 11.4 Å². The molecule has 0 unspecified atom stereocenters. The van der Waals surface area contributed by atoms with Crippen LogP contribution in [0.15, 0.2) is 30.3 Å². The molecule has 0 fully saturated rings. The van der Waals surface area contributed by atoms with Crippen LogP contribution in [0, 0.1) is 29.8 Å². The Morgan fingerprint density at radius 2 is 1.89 bits per heavy atom. The third kappa shape index (κ3) is 2.85. The van der Waals surface area contributed by atoms with Gasteiger partial charge in [-0.25, -0.2) is 4.39 Å². The summed E-state index contributed by atoms with van der Waals surface area (Å²) in [5, 5.41) is 14.0. The van der Waals surface area contributed by atoms with Gasteiger partial charge in [-0.1, -0.05) is 0 Å². The highest BCUT2D eigenvalue weighted by Gasteiger charge is 2.19. The first kappa shape index (κ1) is 12.9. The molecule has 5 nitrogen and oxygen atoms in total. The first-order valence-corrected chi connectivity index (χ1v) is 5.62. The van der Waals surface area contributed by atoms with E-state index in [-0.39, 0.29) is 11.5 Å². The summed E-state index contributed by atoms with van der Waals surface area (Å²) in [6.07, 6.45) is 0. The summed E-state index contributed by atoms with van der Waals surface area (Å²) < 4.78 is 12.8. The van der Waals surface area contributed by atoms with Crippen molar-refractivity contribution in [3.05, 3.63) is 57.7 Å². The van der Waals surface area contributed by atoms with Crippen LogP contribution in [0.5, 0.6) is 0 Å². The second kappa shape index (κ2) is 5.01. The molecule has 6 heteroatoms. The van der Waals surface area contributed by atoms with Crippen molar-refractivity contribution in [1.29, 1.82) is 0 Å². The molecule has 0 saturated heterocycles. The average molecular weight is 261 g/mol. The van der Waals surface area contributed by atoms with Gasteiger partial charge in [-0.15, -0.1) is 0 Å². The van der Waals surface area contributed by atoms with Gasteiger partial charge in [0.1, 0.15) is 17.2 Å². The SMILES string of the molecule is Cc1cc(Nc2ccc(F)cc2)c([N+](=O)[O-])c(C)n1. The number of pyridine rings is 1. The molecule has 98 valence electrons. The van der Waals surface area contributed by atoms with Gasteiger partial charge in [0, 0.05) is 11.4 Å². The number of aromatic nitrogens is 1. The van der Waals surface area contributed by atoms with Crippen molar-refractivity contribution in [3.63, 3.8) is 0 Å². The summed E-state index contributed by atoms with van der Waals surface area (Å²) in [6.45, 7) is 3.34. The van der Waals surface area contributed by atoms with Gasteiger partial charge in [-0.3, -0.25) is 15.1 Å². The molecule has 0 aliphatic carbocycles. The summed E-state index contributed by atoms with van der Waals surface area (Å²) in [7, 11) is 0. The minimum atomic E-state index is -0.479. The summed E-state index contributed by atoms with van der Waals surface area (Å²) in [4.78, 5) is 14.7. The Labute approximate surface area is 109 Å². The van der Waals surface area contributed by atoms with Crippen LogP contribution < -0.4 is 5.32 Å². The van der Waals surface area contributed by atoms with E-state index in [1.54, 1.807) is 19.9 Å². The number of hydrogen-bond acceptors (Lipinski definition) is 4. The Morgan fingerprint density at radius 3 is 2.47 bits per heavy atom. The summed E-state index contributed by atoms with van der Waals surface area (Å²) in [5.74, 6) is -0.359. The Bertz CT molecular complexity index is 627. The van der Waals surface area contributed by atoms with E-state index in [0.717, 1.165) is 0 Å². The van der Waals surface area contributed by atoms with Crippen LogP contribution in [0.2, 0.25) is 0 Å². The van der Waals surface area contributed by atoms with E-state index in [1.165, 1.54) is 24.3 Å². The topological polar surface area (TPSA) is 68.1 Å².